The first kappa shape index (κ1) is 13.6. The summed E-state index contributed by atoms with van der Waals surface area (Å²) in [4.78, 5) is 15.9. The molecule has 18 heavy (non-hydrogen) atoms. The number of nitrogen functional groups attached to an aromatic ring is 1. The molecule has 0 saturated heterocycles. The molecule has 4 nitrogen and oxygen atoms in total. The van der Waals surface area contributed by atoms with E-state index in [9.17, 15) is 4.79 Å². The van der Waals surface area contributed by atoms with Crippen molar-refractivity contribution in [1.29, 1.82) is 0 Å². The number of methoxy groups -OCH3 is 1. The maximum Gasteiger partial charge on any atom is 0.343 e. The van der Waals surface area contributed by atoms with Crippen LogP contribution in [0.2, 0.25) is 5.15 Å². The molecule has 0 amide bonds. The van der Waals surface area contributed by atoms with Gasteiger partial charge in [-0.25, -0.2) is 9.78 Å². The Balaban J connectivity index is 2.49. The van der Waals surface area contributed by atoms with Crippen LogP contribution in [0.1, 0.15) is 47.7 Å². The van der Waals surface area contributed by atoms with Crippen molar-refractivity contribution in [2.24, 2.45) is 0 Å². The van der Waals surface area contributed by atoms with E-state index in [0.29, 0.717) is 16.1 Å². The maximum absolute atomic E-state index is 11.6. The molecular weight excluding hydrogens is 320 g/mol. The summed E-state index contributed by atoms with van der Waals surface area (Å²) in [5.74, 6) is -0.199. The summed E-state index contributed by atoms with van der Waals surface area (Å²) in [5, 5.41) is 0.115. The molecule has 1 fully saturated rings. The second-order valence-corrected chi connectivity index (χ2v) is 5.51. The van der Waals surface area contributed by atoms with Gasteiger partial charge in [0.25, 0.3) is 0 Å². The second kappa shape index (κ2) is 5.45. The fourth-order valence-corrected chi connectivity index (χ4v) is 3.22. The normalized spacial score (nSPS) is 15.9. The highest BCUT2D eigenvalue weighted by Gasteiger charge is 2.27. The number of nitrogens with zero attached hydrogens (tertiary/aromatic N) is 1. The topological polar surface area (TPSA) is 65.2 Å². The smallest absolute Gasteiger partial charge is 0.343 e. The molecule has 2 rings (SSSR count). The van der Waals surface area contributed by atoms with Crippen LogP contribution in [0.25, 0.3) is 0 Å². The molecule has 6 heteroatoms. The summed E-state index contributed by atoms with van der Waals surface area (Å²) in [6.45, 7) is 0. The summed E-state index contributed by atoms with van der Waals surface area (Å²) in [6.07, 6.45) is 4.54. The van der Waals surface area contributed by atoms with E-state index in [1.165, 1.54) is 20.0 Å². The van der Waals surface area contributed by atoms with Crippen molar-refractivity contribution < 1.29 is 9.53 Å². The number of rotatable bonds is 2. The Hall–Kier alpha value is -0.810. The minimum Gasteiger partial charge on any atom is -0.465 e. The lowest BCUT2D eigenvalue weighted by molar-refractivity contribution is 0.0601. The number of aromatic nitrogens is 1. The van der Waals surface area contributed by atoms with E-state index < -0.39 is 5.97 Å². The van der Waals surface area contributed by atoms with Crippen LogP contribution < -0.4 is 5.73 Å². The van der Waals surface area contributed by atoms with Crippen molar-refractivity contribution in [1.82, 2.24) is 4.98 Å². The Morgan fingerprint density at radius 3 is 2.67 bits per heavy atom. The van der Waals surface area contributed by atoms with Crippen molar-refractivity contribution in [3.05, 3.63) is 20.9 Å². The summed E-state index contributed by atoms with van der Waals surface area (Å²) in [7, 11) is 1.29. The molecular formula is C12H14BrClN2O2. The molecule has 1 heterocycles. The third-order valence-corrected chi connectivity index (χ3v) is 4.39. The molecule has 1 aromatic rings. The monoisotopic (exact) mass is 332 g/mol. The first-order valence-corrected chi connectivity index (χ1v) is 6.96. The molecule has 0 bridgehead atoms. The Labute approximate surface area is 119 Å². The number of nitrogens with two attached hydrogens (primary N) is 1. The lowest BCUT2D eigenvalue weighted by Crippen LogP contribution is -2.11. The number of hydrogen-bond acceptors (Lipinski definition) is 4. The minimum absolute atomic E-state index is 0.115. The fraction of sp³-hybridized carbons (Fsp3) is 0.500. The molecule has 98 valence electrons. The molecule has 1 aliphatic rings. The summed E-state index contributed by atoms with van der Waals surface area (Å²) >= 11 is 9.46. The van der Waals surface area contributed by atoms with Crippen LogP contribution in [0.5, 0.6) is 0 Å². The van der Waals surface area contributed by atoms with Crippen LogP contribution in [0.3, 0.4) is 0 Å². The Bertz CT molecular complexity index is 487. The number of hydrogen-bond donors (Lipinski definition) is 1. The quantitative estimate of drug-likeness (QED) is 0.664. The van der Waals surface area contributed by atoms with Gasteiger partial charge in [0.15, 0.2) is 0 Å². The number of esters is 1. The molecule has 1 aromatic heterocycles. The van der Waals surface area contributed by atoms with Crippen LogP contribution in [0, 0.1) is 0 Å². The zero-order chi connectivity index (χ0) is 13.3. The fourth-order valence-electron chi connectivity index (χ4n) is 2.34. The van der Waals surface area contributed by atoms with Crippen LogP contribution in [0.15, 0.2) is 4.47 Å². The van der Waals surface area contributed by atoms with Crippen LogP contribution >= 0.6 is 27.5 Å². The van der Waals surface area contributed by atoms with Gasteiger partial charge in [-0.1, -0.05) is 24.4 Å². The number of pyridine rings is 1. The molecule has 0 aromatic carbocycles. The first-order chi connectivity index (χ1) is 8.56. The average molecular weight is 334 g/mol. The van der Waals surface area contributed by atoms with E-state index in [-0.39, 0.29) is 10.7 Å². The molecule has 0 spiro atoms. The van der Waals surface area contributed by atoms with Gasteiger partial charge in [0, 0.05) is 5.92 Å². The lowest BCUT2D eigenvalue weighted by atomic mass is 10.0. The number of carbonyl (C=O) groups is 1. The summed E-state index contributed by atoms with van der Waals surface area (Å²) in [6, 6.07) is 0. The van der Waals surface area contributed by atoms with Crippen molar-refractivity contribution >= 4 is 39.2 Å². The highest BCUT2D eigenvalue weighted by molar-refractivity contribution is 9.10. The predicted octanol–water partition coefficient (Wildman–Crippen LogP) is 3.52. The van der Waals surface area contributed by atoms with Crippen LogP contribution in [0.4, 0.5) is 5.69 Å². The highest BCUT2D eigenvalue weighted by atomic mass is 79.9. The first-order valence-electron chi connectivity index (χ1n) is 5.79. The van der Waals surface area contributed by atoms with E-state index >= 15 is 0 Å². The molecule has 0 atom stereocenters. The van der Waals surface area contributed by atoms with Gasteiger partial charge in [-0.15, -0.1) is 0 Å². The van der Waals surface area contributed by atoms with Gasteiger partial charge in [0.1, 0.15) is 10.7 Å². The van der Waals surface area contributed by atoms with E-state index in [2.05, 4.69) is 25.7 Å². The van der Waals surface area contributed by atoms with Crippen molar-refractivity contribution in [2.45, 2.75) is 31.6 Å². The van der Waals surface area contributed by atoms with E-state index in [1.54, 1.807) is 0 Å². The van der Waals surface area contributed by atoms with E-state index in [0.717, 1.165) is 18.5 Å². The van der Waals surface area contributed by atoms with Gasteiger partial charge in [0.05, 0.1) is 23.0 Å². The molecule has 0 radical (unpaired) electrons. The van der Waals surface area contributed by atoms with Crippen LogP contribution in [-0.2, 0) is 4.74 Å². The summed E-state index contributed by atoms with van der Waals surface area (Å²) in [5.41, 5.74) is 7.25. The van der Waals surface area contributed by atoms with Gasteiger partial charge in [-0.05, 0) is 28.8 Å². The molecule has 1 saturated carbocycles. The number of carbonyl (C=O) groups excluding carboxylic acids is 1. The van der Waals surface area contributed by atoms with E-state index in [4.69, 9.17) is 17.3 Å². The highest BCUT2D eigenvalue weighted by Crippen LogP contribution is 2.41. The number of halogens is 2. The Morgan fingerprint density at radius 2 is 2.11 bits per heavy atom. The third kappa shape index (κ3) is 2.34. The minimum atomic E-state index is -0.566. The third-order valence-electron chi connectivity index (χ3n) is 3.29. The van der Waals surface area contributed by atoms with Crippen molar-refractivity contribution in [3.8, 4) is 0 Å². The Kier molecular flexibility index (Phi) is 4.12. The van der Waals surface area contributed by atoms with Gasteiger partial charge in [0.2, 0.25) is 0 Å². The van der Waals surface area contributed by atoms with Crippen LogP contribution in [-0.4, -0.2) is 18.1 Å². The molecule has 2 N–H and O–H groups in total. The SMILES string of the molecule is COC(=O)c1c(Cl)nc(C2CCCC2)c(Br)c1N. The van der Waals surface area contributed by atoms with Gasteiger partial charge < -0.3 is 10.5 Å². The maximum atomic E-state index is 11.6. The van der Waals surface area contributed by atoms with Gasteiger partial charge >= 0.3 is 5.97 Å². The zero-order valence-corrected chi connectivity index (χ0v) is 12.3. The number of anilines is 1. The Morgan fingerprint density at radius 1 is 1.50 bits per heavy atom. The molecule has 0 unspecified atom stereocenters. The number of ether oxygens (including phenoxy) is 1. The predicted molar refractivity (Wildman–Crippen MR) is 73.9 cm³/mol. The second-order valence-electron chi connectivity index (χ2n) is 4.36. The molecule has 1 aliphatic carbocycles. The van der Waals surface area contributed by atoms with Crippen molar-refractivity contribution in [2.75, 3.05) is 12.8 Å². The lowest BCUT2D eigenvalue weighted by Gasteiger charge is -2.15. The largest absolute Gasteiger partial charge is 0.465 e. The van der Waals surface area contributed by atoms with Crippen molar-refractivity contribution in [3.63, 3.8) is 0 Å². The summed E-state index contributed by atoms with van der Waals surface area (Å²) < 4.78 is 5.32. The van der Waals surface area contributed by atoms with E-state index in [1.807, 2.05) is 0 Å². The molecule has 0 aliphatic heterocycles. The standard InChI is InChI=1S/C12H14BrClN2O2/c1-18-12(17)7-9(15)8(13)10(16-11(7)14)6-4-2-3-5-6/h6H,2-5H2,1H3,(H2,15,16). The average Bonchev–Trinajstić information content (AvgIpc) is 2.87. The zero-order valence-electron chi connectivity index (χ0n) is 10.0. The van der Waals surface area contributed by atoms with Gasteiger partial charge in [-0.2, -0.15) is 0 Å². The van der Waals surface area contributed by atoms with Gasteiger partial charge in [-0.3, -0.25) is 0 Å².